The number of Topliss-reactive ketones (excluding diaryl/α,β-unsaturated/α-hetero) is 2. The van der Waals surface area contributed by atoms with Crippen LogP contribution in [0.15, 0.2) is 41.0 Å². The van der Waals surface area contributed by atoms with E-state index in [0.717, 1.165) is 32.9 Å². The van der Waals surface area contributed by atoms with Gasteiger partial charge in [0.05, 0.1) is 19.3 Å². The van der Waals surface area contributed by atoms with Crippen molar-refractivity contribution in [2.45, 2.75) is 31.8 Å². The maximum atomic E-state index is 12.3. The molecule has 1 heterocycles. The van der Waals surface area contributed by atoms with Crippen molar-refractivity contribution in [2.24, 2.45) is 0 Å². The van der Waals surface area contributed by atoms with Crippen molar-refractivity contribution in [1.82, 2.24) is 0 Å². The molecule has 1 atom stereocenters. The number of benzene rings is 2. The molecule has 1 aliphatic rings. The zero-order valence-corrected chi connectivity index (χ0v) is 13.5. The summed E-state index contributed by atoms with van der Waals surface area (Å²) in [5, 5.41) is 3.16. The molecule has 24 heavy (non-hydrogen) atoms. The molecule has 0 saturated heterocycles. The molecule has 0 spiro atoms. The molecule has 0 aliphatic heterocycles. The zero-order chi connectivity index (χ0) is 16.7. The van der Waals surface area contributed by atoms with Crippen molar-refractivity contribution in [3.63, 3.8) is 0 Å². The summed E-state index contributed by atoms with van der Waals surface area (Å²) in [5.74, 6) is -0.201. The predicted octanol–water partition coefficient (Wildman–Crippen LogP) is 4.14. The third-order valence-electron chi connectivity index (χ3n) is 4.81. The van der Waals surface area contributed by atoms with Gasteiger partial charge in [0, 0.05) is 30.4 Å². The lowest BCUT2D eigenvalue weighted by Crippen LogP contribution is -2.22. The van der Waals surface area contributed by atoms with Gasteiger partial charge < -0.3 is 9.15 Å². The van der Waals surface area contributed by atoms with Crippen molar-refractivity contribution >= 4 is 33.3 Å². The normalized spacial score (nSPS) is 18.6. The third kappa shape index (κ3) is 2.43. The minimum absolute atomic E-state index is 0.00181. The van der Waals surface area contributed by atoms with Crippen molar-refractivity contribution in [1.29, 1.82) is 0 Å². The van der Waals surface area contributed by atoms with Crippen LogP contribution in [0.5, 0.6) is 0 Å². The number of hydrogen-bond acceptors (Lipinski definition) is 4. The molecule has 4 rings (SSSR count). The van der Waals surface area contributed by atoms with Gasteiger partial charge in [-0.15, -0.1) is 0 Å². The third-order valence-corrected chi connectivity index (χ3v) is 4.81. The van der Waals surface area contributed by atoms with Crippen molar-refractivity contribution in [3.8, 4) is 0 Å². The van der Waals surface area contributed by atoms with E-state index in [2.05, 4.69) is 12.1 Å². The highest BCUT2D eigenvalue weighted by Crippen LogP contribution is 2.38. The van der Waals surface area contributed by atoms with Crippen LogP contribution in [-0.2, 0) is 20.9 Å². The average molecular weight is 322 g/mol. The Labute approximate surface area is 139 Å². The average Bonchev–Trinajstić information content (AvgIpc) is 2.99. The Balaban J connectivity index is 1.87. The molecule has 0 N–H and O–H groups in total. The minimum Gasteiger partial charge on any atom is -0.464 e. The van der Waals surface area contributed by atoms with Gasteiger partial charge in [0.2, 0.25) is 0 Å². The maximum absolute atomic E-state index is 12.3. The van der Waals surface area contributed by atoms with E-state index in [1.54, 1.807) is 13.4 Å². The number of hydrogen-bond donors (Lipinski definition) is 0. The first-order chi connectivity index (χ1) is 11.7. The van der Waals surface area contributed by atoms with Crippen LogP contribution in [0.2, 0.25) is 0 Å². The number of furan rings is 1. The van der Waals surface area contributed by atoms with Gasteiger partial charge in [-0.1, -0.05) is 18.2 Å². The summed E-state index contributed by atoms with van der Waals surface area (Å²) in [6.45, 7) is 0.565. The quantitative estimate of drug-likeness (QED) is 0.680. The molecule has 0 amide bonds. The molecule has 4 heteroatoms. The second kappa shape index (κ2) is 5.87. The molecular weight excluding hydrogens is 304 g/mol. The van der Waals surface area contributed by atoms with E-state index in [1.807, 2.05) is 18.2 Å². The molecule has 0 bridgehead atoms. The predicted molar refractivity (Wildman–Crippen MR) is 91.0 cm³/mol. The van der Waals surface area contributed by atoms with Gasteiger partial charge in [-0.25, -0.2) is 0 Å². The fourth-order valence-corrected chi connectivity index (χ4v) is 3.66. The van der Waals surface area contributed by atoms with Crippen LogP contribution < -0.4 is 0 Å². The van der Waals surface area contributed by atoms with Crippen LogP contribution in [0, 0.1) is 0 Å². The van der Waals surface area contributed by atoms with E-state index >= 15 is 0 Å². The molecule has 1 saturated carbocycles. The Morgan fingerprint density at radius 3 is 2.88 bits per heavy atom. The highest BCUT2D eigenvalue weighted by molar-refractivity contribution is 6.11. The second-order valence-corrected chi connectivity index (χ2v) is 6.39. The summed E-state index contributed by atoms with van der Waals surface area (Å²) < 4.78 is 10.9. The number of fused-ring (bicyclic) bond motifs is 3. The SMILES string of the molecule is COCc1ccc2c(ccc3occ([C@H]4CCC(=O)CC4=O)c32)c1. The Morgan fingerprint density at radius 1 is 1.21 bits per heavy atom. The molecule has 1 aliphatic carbocycles. The fourth-order valence-electron chi connectivity index (χ4n) is 3.66. The highest BCUT2D eigenvalue weighted by Gasteiger charge is 2.31. The van der Waals surface area contributed by atoms with Crippen LogP contribution in [-0.4, -0.2) is 18.7 Å². The Bertz CT molecular complexity index is 951. The van der Waals surface area contributed by atoms with Crippen molar-refractivity contribution in [3.05, 3.63) is 47.7 Å². The zero-order valence-electron chi connectivity index (χ0n) is 13.5. The monoisotopic (exact) mass is 322 g/mol. The van der Waals surface area contributed by atoms with E-state index in [9.17, 15) is 9.59 Å². The van der Waals surface area contributed by atoms with Crippen molar-refractivity contribution in [2.75, 3.05) is 7.11 Å². The Kier molecular flexibility index (Phi) is 3.69. The summed E-state index contributed by atoms with van der Waals surface area (Å²) in [6.07, 6.45) is 2.77. The van der Waals surface area contributed by atoms with Crippen LogP contribution in [0.25, 0.3) is 21.7 Å². The van der Waals surface area contributed by atoms with E-state index in [4.69, 9.17) is 9.15 Å². The van der Waals surface area contributed by atoms with E-state index in [1.165, 1.54) is 0 Å². The lowest BCUT2D eigenvalue weighted by atomic mass is 9.81. The second-order valence-electron chi connectivity index (χ2n) is 6.39. The maximum Gasteiger partial charge on any atom is 0.147 e. The Morgan fingerprint density at radius 2 is 2.08 bits per heavy atom. The Hall–Kier alpha value is -2.46. The molecule has 3 aromatic rings. The lowest BCUT2D eigenvalue weighted by Gasteiger charge is -2.19. The van der Waals surface area contributed by atoms with Crippen LogP contribution >= 0.6 is 0 Å². The molecule has 1 fully saturated rings. The van der Waals surface area contributed by atoms with E-state index in [0.29, 0.717) is 19.4 Å². The molecule has 2 aromatic carbocycles. The molecular formula is C20H18O4. The summed E-state index contributed by atoms with van der Waals surface area (Å²) in [7, 11) is 1.68. The van der Waals surface area contributed by atoms with Gasteiger partial charge in [-0.2, -0.15) is 0 Å². The largest absolute Gasteiger partial charge is 0.464 e. The summed E-state index contributed by atoms with van der Waals surface area (Å²) in [4.78, 5) is 23.9. The first kappa shape index (κ1) is 15.1. The first-order valence-corrected chi connectivity index (χ1v) is 8.13. The molecule has 4 nitrogen and oxygen atoms in total. The number of carbonyl (C=O) groups excluding carboxylic acids is 2. The fraction of sp³-hybridized carbons (Fsp3) is 0.300. The van der Waals surface area contributed by atoms with Gasteiger partial charge in [-0.3, -0.25) is 9.59 Å². The number of rotatable bonds is 3. The van der Waals surface area contributed by atoms with Gasteiger partial charge >= 0.3 is 0 Å². The standard InChI is InChI=1S/C20H18O4/c1-23-10-12-2-5-15-13(8-12)3-7-19-20(15)17(11-24-19)16-6-4-14(21)9-18(16)22/h2-3,5,7-8,11,16H,4,6,9-10H2,1H3/t16-/m1/s1. The van der Waals surface area contributed by atoms with Gasteiger partial charge in [0.15, 0.2) is 0 Å². The van der Waals surface area contributed by atoms with Gasteiger partial charge in [0.1, 0.15) is 17.1 Å². The number of ether oxygens (including phenoxy) is 1. The smallest absolute Gasteiger partial charge is 0.147 e. The van der Waals surface area contributed by atoms with Crippen LogP contribution in [0.1, 0.15) is 36.3 Å². The molecule has 0 unspecified atom stereocenters. The lowest BCUT2D eigenvalue weighted by molar-refractivity contribution is -0.130. The first-order valence-electron chi connectivity index (χ1n) is 8.13. The summed E-state index contributed by atoms with van der Waals surface area (Å²) in [6, 6.07) is 10.2. The minimum atomic E-state index is -0.242. The number of carbonyl (C=O) groups is 2. The van der Waals surface area contributed by atoms with E-state index in [-0.39, 0.29) is 23.9 Å². The van der Waals surface area contributed by atoms with Crippen molar-refractivity contribution < 1.29 is 18.7 Å². The molecule has 122 valence electrons. The van der Waals surface area contributed by atoms with Crippen LogP contribution in [0.4, 0.5) is 0 Å². The molecule has 0 radical (unpaired) electrons. The number of ketones is 2. The molecule has 1 aromatic heterocycles. The van der Waals surface area contributed by atoms with E-state index < -0.39 is 0 Å². The summed E-state index contributed by atoms with van der Waals surface area (Å²) in [5.41, 5.74) is 2.79. The number of methoxy groups -OCH3 is 1. The highest BCUT2D eigenvalue weighted by atomic mass is 16.5. The van der Waals surface area contributed by atoms with Gasteiger partial charge in [0.25, 0.3) is 0 Å². The topological polar surface area (TPSA) is 56.5 Å². The van der Waals surface area contributed by atoms with Gasteiger partial charge in [-0.05, 0) is 34.9 Å². The van der Waals surface area contributed by atoms with Crippen LogP contribution in [0.3, 0.4) is 0 Å². The summed E-state index contributed by atoms with van der Waals surface area (Å²) >= 11 is 0.